The molecule has 0 saturated carbocycles. The van der Waals surface area contributed by atoms with Gasteiger partial charge in [0, 0.05) is 34.3 Å². The Hall–Kier alpha value is -1.29. The van der Waals surface area contributed by atoms with Gasteiger partial charge in [-0.15, -0.1) is 0 Å². The van der Waals surface area contributed by atoms with Crippen LogP contribution in [0, 0.1) is 5.82 Å². The molecule has 0 amide bonds. The third kappa shape index (κ3) is 4.10. The number of hydrogen-bond acceptors (Lipinski definition) is 2. The van der Waals surface area contributed by atoms with Crippen molar-refractivity contribution in [3.63, 3.8) is 0 Å². The SMILES string of the molecule is COc1ccc(CNC(C)c2ccc(Cl)cc2Cl)c(F)c1. The fourth-order valence-electron chi connectivity index (χ4n) is 2.02. The third-order valence-electron chi connectivity index (χ3n) is 3.29. The van der Waals surface area contributed by atoms with E-state index in [0.29, 0.717) is 27.9 Å². The summed E-state index contributed by atoms with van der Waals surface area (Å²) in [7, 11) is 1.51. The third-order valence-corrected chi connectivity index (χ3v) is 3.85. The van der Waals surface area contributed by atoms with E-state index in [9.17, 15) is 4.39 Å². The van der Waals surface area contributed by atoms with E-state index < -0.39 is 0 Å². The monoisotopic (exact) mass is 327 g/mol. The van der Waals surface area contributed by atoms with E-state index in [1.54, 1.807) is 24.3 Å². The molecule has 2 nitrogen and oxygen atoms in total. The summed E-state index contributed by atoms with van der Waals surface area (Å²) in [5, 5.41) is 4.44. The number of rotatable bonds is 5. The van der Waals surface area contributed by atoms with Crippen molar-refractivity contribution >= 4 is 23.2 Å². The van der Waals surface area contributed by atoms with Crippen LogP contribution in [0.25, 0.3) is 0 Å². The number of benzene rings is 2. The summed E-state index contributed by atoms with van der Waals surface area (Å²) < 4.78 is 18.8. The Labute approximate surface area is 133 Å². The van der Waals surface area contributed by atoms with Gasteiger partial charge < -0.3 is 10.1 Å². The molecular formula is C16H16Cl2FNO. The van der Waals surface area contributed by atoms with Gasteiger partial charge in [0.05, 0.1) is 7.11 Å². The molecule has 0 bridgehead atoms. The summed E-state index contributed by atoms with van der Waals surface area (Å²) in [4.78, 5) is 0. The summed E-state index contributed by atoms with van der Waals surface area (Å²) in [5.74, 6) is 0.210. The van der Waals surface area contributed by atoms with Crippen molar-refractivity contribution in [2.75, 3.05) is 7.11 Å². The maximum Gasteiger partial charge on any atom is 0.131 e. The van der Waals surface area contributed by atoms with Gasteiger partial charge in [0.1, 0.15) is 11.6 Å². The van der Waals surface area contributed by atoms with E-state index >= 15 is 0 Å². The first-order chi connectivity index (χ1) is 10.0. The Morgan fingerprint density at radius 2 is 1.95 bits per heavy atom. The summed E-state index contributed by atoms with van der Waals surface area (Å²) >= 11 is 12.0. The van der Waals surface area contributed by atoms with Crippen LogP contribution >= 0.6 is 23.2 Å². The molecule has 0 aromatic heterocycles. The minimum atomic E-state index is -0.295. The van der Waals surface area contributed by atoms with E-state index in [1.807, 2.05) is 13.0 Å². The predicted octanol–water partition coefficient (Wildman–Crippen LogP) is 4.99. The van der Waals surface area contributed by atoms with Crippen LogP contribution in [0.5, 0.6) is 5.75 Å². The van der Waals surface area contributed by atoms with E-state index in [2.05, 4.69) is 5.32 Å². The molecule has 1 unspecified atom stereocenters. The lowest BCUT2D eigenvalue weighted by Gasteiger charge is -2.16. The van der Waals surface area contributed by atoms with Gasteiger partial charge in [-0.2, -0.15) is 0 Å². The lowest BCUT2D eigenvalue weighted by Crippen LogP contribution is -2.19. The normalized spacial score (nSPS) is 12.2. The van der Waals surface area contributed by atoms with Crippen LogP contribution in [-0.4, -0.2) is 7.11 Å². The van der Waals surface area contributed by atoms with Crippen LogP contribution < -0.4 is 10.1 Å². The van der Waals surface area contributed by atoms with Crippen LogP contribution in [-0.2, 0) is 6.54 Å². The number of methoxy groups -OCH3 is 1. The molecule has 5 heteroatoms. The topological polar surface area (TPSA) is 21.3 Å². The molecule has 2 aromatic carbocycles. The van der Waals surface area contributed by atoms with Crippen molar-refractivity contribution in [2.45, 2.75) is 19.5 Å². The second-order valence-electron chi connectivity index (χ2n) is 4.73. The molecule has 1 atom stereocenters. The molecule has 0 spiro atoms. The molecule has 0 saturated heterocycles. The van der Waals surface area contributed by atoms with E-state index in [1.165, 1.54) is 13.2 Å². The average molecular weight is 328 g/mol. The molecule has 0 fully saturated rings. The van der Waals surface area contributed by atoms with E-state index in [-0.39, 0.29) is 11.9 Å². The van der Waals surface area contributed by atoms with Gasteiger partial charge in [0.2, 0.25) is 0 Å². The van der Waals surface area contributed by atoms with Gasteiger partial charge in [-0.1, -0.05) is 35.3 Å². The van der Waals surface area contributed by atoms with Gasteiger partial charge in [0.25, 0.3) is 0 Å². The van der Waals surface area contributed by atoms with Crippen molar-refractivity contribution in [1.29, 1.82) is 0 Å². The highest BCUT2D eigenvalue weighted by atomic mass is 35.5. The van der Waals surface area contributed by atoms with Crippen LogP contribution in [0.15, 0.2) is 36.4 Å². The molecule has 0 aliphatic heterocycles. The Kier molecular flexibility index (Phi) is 5.45. The molecule has 0 heterocycles. The first-order valence-corrected chi connectivity index (χ1v) is 7.27. The molecule has 0 aliphatic rings. The number of hydrogen-bond donors (Lipinski definition) is 1. The second-order valence-corrected chi connectivity index (χ2v) is 5.57. The maximum absolute atomic E-state index is 13.9. The second kappa shape index (κ2) is 7.12. The quantitative estimate of drug-likeness (QED) is 0.835. The summed E-state index contributed by atoms with van der Waals surface area (Å²) in [6.45, 7) is 2.37. The Morgan fingerprint density at radius 1 is 1.19 bits per heavy atom. The highest BCUT2D eigenvalue weighted by Gasteiger charge is 2.11. The molecule has 21 heavy (non-hydrogen) atoms. The summed E-state index contributed by atoms with van der Waals surface area (Å²) in [6, 6.07) is 10.1. The Bertz CT molecular complexity index is 634. The van der Waals surface area contributed by atoms with Crippen LogP contribution in [0.2, 0.25) is 10.0 Å². The van der Waals surface area contributed by atoms with Crippen molar-refractivity contribution < 1.29 is 9.13 Å². The predicted molar refractivity (Wildman–Crippen MR) is 84.7 cm³/mol. The molecule has 0 radical (unpaired) electrons. The summed E-state index contributed by atoms with van der Waals surface area (Å²) in [6.07, 6.45) is 0. The van der Waals surface area contributed by atoms with E-state index in [0.717, 1.165) is 5.56 Å². The number of halogens is 3. The fraction of sp³-hybridized carbons (Fsp3) is 0.250. The van der Waals surface area contributed by atoms with E-state index in [4.69, 9.17) is 27.9 Å². The van der Waals surface area contributed by atoms with Crippen molar-refractivity contribution in [1.82, 2.24) is 5.32 Å². The first kappa shape index (κ1) is 16.1. The zero-order valence-electron chi connectivity index (χ0n) is 11.8. The van der Waals surface area contributed by atoms with Crippen molar-refractivity contribution in [2.24, 2.45) is 0 Å². The van der Waals surface area contributed by atoms with Crippen LogP contribution in [0.1, 0.15) is 24.1 Å². The Balaban J connectivity index is 2.05. The fourth-order valence-corrected chi connectivity index (χ4v) is 2.60. The molecule has 1 N–H and O–H groups in total. The highest BCUT2D eigenvalue weighted by Crippen LogP contribution is 2.26. The zero-order chi connectivity index (χ0) is 15.4. The number of ether oxygens (including phenoxy) is 1. The maximum atomic E-state index is 13.9. The lowest BCUT2D eigenvalue weighted by molar-refractivity contribution is 0.410. The average Bonchev–Trinajstić information content (AvgIpc) is 2.45. The minimum absolute atomic E-state index is 0.0173. The van der Waals surface area contributed by atoms with Crippen molar-refractivity contribution in [3.05, 3.63) is 63.4 Å². The number of nitrogens with one attached hydrogen (secondary N) is 1. The molecule has 2 rings (SSSR count). The van der Waals surface area contributed by atoms with Crippen LogP contribution in [0.4, 0.5) is 4.39 Å². The molecular weight excluding hydrogens is 312 g/mol. The summed E-state index contributed by atoms with van der Waals surface area (Å²) in [5.41, 5.74) is 1.50. The van der Waals surface area contributed by atoms with Gasteiger partial charge in [0.15, 0.2) is 0 Å². The van der Waals surface area contributed by atoms with Gasteiger partial charge in [-0.25, -0.2) is 4.39 Å². The highest BCUT2D eigenvalue weighted by molar-refractivity contribution is 6.35. The Morgan fingerprint density at radius 3 is 2.57 bits per heavy atom. The van der Waals surface area contributed by atoms with Crippen molar-refractivity contribution in [3.8, 4) is 5.75 Å². The van der Waals surface area contributed by atoms with Crippen LogP contribution in [0.3, 0.4) is 0 Å². The van der Waals surface area contributed by atoms with Gasteiger partial charge in [-0.3, -0.25) is 0 Å². The minimum Gasteiger partial charge on any atom is -0.497 e. The smallest absolute Gasteiger partial charge is 0.131 e. The lowest BCUT2D eigenvalue weighted by atomic mass is 10.1. The molecule has 2 aromatic rings. The molecule has 112 valence electrons. The standard InChI is InChI=1S/C16H16Cl2FNO/c1-10(14-6-4-12(17)7-15(14)18)20-9-11-3-5-13(21-2)8-16(11)19/h3-8,10,20H,9H2,1-2H3. The van der Waals surface area contributed by atoms with Gasteiger partial charge >= 0.3 is 0 Å². The zero-order valence-corrected chi connectivity index (χ0v) is 13.3. The largest absolute Gasteiger partial charge is 0.497 e. The first-order valence-electron chi connectivity index (χ1n) is 6.52. The molecule has 0 aliphatic carbocycles. The van der Waals surface area contributed by atoms with Gasteiger partial charge in [-0.05, 0) is 30.7 Å².